The zero-order valence-corrected chi connectivity index (χ0v) is 16.6. The lowest BCUT2D eigenvalue weighted by Gasteiger charge is -2.09. The molecule has 26 heavy (non-hydrogen) atoms. The van der Waals surface area contributed by atoms with Gasteiger partial charge in [-0.25, -0.2) is 8.42 Å². The molecule has 0 saturated carbocycles. The van der Waals surface area contributed by atoms with Crippen LogP contribution in [0.3, 0.4) is 0 Å². The quantitative estimate of drug-likeness (QED) is 0.382. The molecule has 8 heteroatoms. The minimum atomic E-state index is -3.72. The van der Waals surface area contributed by atoms with E-state index in [2.05, 4.69) is 4.98 Å². The van der Waals surface area contributed by atoms with Gasteiger partial charge in [0.05, 0.1) is 18.9 Å². The first-order valence-corrected chi connectivity index (χ1v) is 11.2. The Bertz CT molecular complexity index is 1090. The van der Waals surface area contributed by atoms with E-state index in [1.807, 2.05) is 25.3 Å². The molecule has 0 bridgehead atoms. The van der Waals surface area contributed by atoms with Gasteiger partial charge in [0.2, 0.25) is 9.84 Å². The Morgan fingerprint density at radius 3 is 2.69 bits per heavy atom. The summed E-state index contributed by atoms with van der Waals surface area (Å²) in [6.45, 7) is 1.96. The number of thioether (sulfide) groups is 1. The molecular formula is C18H17N3O2S3. The molecule has 3 N–H and O–H groups in total. The maximum Gasteiger partial charge on any atom is 0.208 e. The first kappa shape index (κ1) is 18.6. The summed E-state index contributed by atoms with van der Waals surface area (Å²) in [5.41, 5.74) is 8.24. The lowest BCUT2D eigenvalue weighted by atomic mass is 10.0. The van der Waals surface area contributed by atoms with Gasteiger partial charge in [-0.15, -0.1) is 23.1 Å². The number of nitrogens with one attached hydrogen (secondary N) is 1. The Hall–Kier alpha value is -2.16. The first-order valence-electron chi connectivity index (χ1n) is 7.63. The van der Waals surface area contributed by atoms with Crippen LogP contribution in [0.1, 0.15) is 10.4 Å². The van der Waals surface area contributed by atoms with E-state index in [0.29, 0.717) is 9.09 Å². The molecule has 0 saturated heterocycles. The maximum atomic E-state index is 13.2. The summed E-state index contributed by atoms with van der Waals surface area (Å²) in [5.74, 6) is -0.133. The predicted molar refractivity (Wildman–Crippen MR) is 107 cm³/mol. The monoisotopic (exact) mass is 403 g/mol. The van der Waals surface area contributed by atoms with Crippen LogP contribution in [0.5, 0.6) is 0 Å². The summed E-state index contributed by atoms with van der Waals surface area (Å²) in [4.78, 5) is 4.99. The highest BCUT2D eigenvalue weighted by molar-refractivity contribution is 8.01. The standard InChI is InChI=1S/C18H17N3O2S3/c1-11-6-7-21-10-14(11)12-4-3-5-13(8-12)26(22,23)16-9-15(17(19)20)25-18(16)24-2/h3-10H,1-2H3,(H3,19,20). The Balaban J connectivity index is 2.13. The summed E-state index contributed by atoms with van der Waals surface area (Å²) in [7, 11) is -3.72. The van der Waals surface area contributed by atoms with Gasteiger partial charge >= 0.3 is 0 Å². The van der Waals surface area contributed by atoms with Crippen LogP contribution in [0.2, 0.25) is 0 Å². The van der Waals surface area contributed by atoms with Crippen LogP contribution in [-0.2, 0) is 9.84 Å². The number of nitrogen functional groups attached to an aromatic ring is 1. The van der Waals surface area contributed by atoms with Crippen molar-refractivity contribution in [2.24, 2.45) is 5.73 Å². The van der Waals surface area contributed by atoms with Crippen molar-refractivity contribution in [2.45, 2.75) is 20.9 Å². The fraction of sp³-hybridized carbons (Fsp3) is 0.111. The van der Waals surface area contributed by atoms with E-state index < -0.39 is 9.84 Å². The van der Waals surface area contributed by atoms with Gasteiger partial charge < -0.3 is 5.73 Å². The highest BCUT2D eigenvalue weighted by Gasteiger charge is 2.25. The highest BCUT2D eigenvalue weighted by Crippen LogP contribution is 2.37. The molecule has 0 spiro atoms. The molecule has 2 aromatic heterocycles. The summed E-state index contributed by atoms with van der Waals surface area (Å²) in [6.07, 6.45) is 5.25. The summed E-state index contributed by atoms with van der Waals surface area (Å²) < 4.78 is 27.0. The molecule has 5 nitrogen and oxygen atoms in total. The normalized spacial score (nSPS) is 11.5. The Morgan fingerprint density at radius 2 is 2.04 bits per heavy atom. The number of nitrogens with two attached hydrogens (primary N) is 1. The molecule has 3 aromatic rings. The Kier molecular flexibility index (Phi) is 5.17. The molecule has 0 amide bonds. The van der Waals surface area contributed by atoms with Crippen molar-refractivity contribution in [3.05, 3.63) is 59.2 Å². The number of aryl methyl sites for hydroxylation is 1. The minimum Gasteiger partial charge on any atom is -0.383 e. The lowest BCUT2D eigenvalue weighted by Crippen LogP contribution is -2.08. The van der Waals surface area contributed by atoms with Gasteiger partial charge in [-0.05, 0) is 48.6 Å². The number of pyridine rings is 1. The van der Waals surface area contributed by atoms with Crippen molar-refractivity contribution in [3.8, 4) is 11.1 Å². The molecule has 0 unspecified atom stereocenters. The topological polar surface area (TPSA) is 96.9 Å². The van der Waals surface area contributed by atoms with E-state index in [0.717, 1.165) is 16.7 Å². The molecule has 134 valence electrons. The number of amidine groups is 1. The summed E-state index contributed by atoms with van der Waals surface area (Å²) in [5, 5.41) is 7.58. The zero-order chi connectivity index (χ0) is 18.9. The number of thiophene rings is 1. The van der Waals surface area contributed by atoms with Crippen molar-refractivity contribution in [1.82, 2.24) is 4.98 Å². The van der Waals surface area contributed by atoms with Crippen LogP contribution in [0.15, 0.2) is 62.8 Å². The average Bonchev–Trinajstić information content (AvgIpc) is 3.08. The second-order valence-corrected chi connectivity index (χ2v) is 9.65. The molecular weight excluding hydrogens is 386 g/mol. The highest BCUT2D eigenvalue weighted by atomic mass is 32.2. The SMILES string of the molecule is CSc1sc(C(=N)N)cc1S(=O)(=O)c1cccc(-c2cnccc2C)c1. The zero-order valence-electron chi connectivity index (χ0n) is 14.2. The number of sulfone groups is 1. The average molecular weight is 404 g/mol. The maximum absolute atomic E-state index is 13.2. The number of benzene rings is 1. The van der Waals surface area contributed by atoms with Crippen LogP contribution in [0, 0.1) is 12.3 Å². The molecule has 0 aliphatic heterocycles. The smallest absolute Gasteiger partial charge is 0.208 e. The third-order valence-corrected chi connectivity index (χ3v) is 8.24. The third kappa shape index (κ3) is 3.40. The molecule has 0 radical (unpaired) electrons. The van der Waals surface area contributed by atoms with Crippen molar-refractivity contribution in [3.63, 3.8) is 0 Å². The van der Waals surface area contributed by atoms with Gasteiger partial charge in [-0.2, -0.15) is 0 Å². The largest absolute Gasteiger partial charge is 0.383 e. The van der Waals surface area contributed by atoms with Crippen molar-refractivity contribution in [1.29, 1.82) is 5.41 Å². The second-order valence-electron chi connectivity index (χ2n) is 5.60. The molecule has 0 aliphatic rings. The van der Waals surface area contributed by atoms with Gasteiger partial charge in [-0.3, -0.25) is 10.4 Å². The predicted octanol–water partition coefficient (Wildman–Crippen LogP) is 3.96. The molecule has 0 aliphatic carbocycles. The minimum absolute atomic E-state index is 0.133. The molecule has 1 aromatic carbocycles. The van der Waals surface area contributed by atoms with Crippen molar-refractivity contribution >= 4 is 38.8 Å². The number of rotatable bonds is 5. The summed E-state index contributed by atoms with van der Waals surface area (Å²) in [6, 6.07) is 10.2. The van der Waals surface area contributed by atoms with Crippen LogP contribution >= 0.6 is 23.1 Å². The van der Waals surface area contributed by atoms with E-state index in [9.17, 15) is 8.42 Å². The molecule has 0 fully saturated rings. The van der Waals surface area contributed by atoms with E-state index in [4.69, 9.17) is 11.1 Å². The lowest BCUT2D eigenvalue weighted by molar-refractivity contribution is 0.595. The van der Waals surface area contributed by atoms with Crippen LogP contribution < -0.4 is 5.73 Å². The number of hydrogen-bond donors (Lipinski definition) is 2. The van der Waals surface area contributed by atoms with E-state index >= 15 is 0 Å². The Morgan fingerprint density at radius 1 is 1.27 bits per heavy atom. The first-order chi connectivity index (χ1) is 12.3. The molecule has 0 atom stereocenters. The third-order valence-electron chi connectivity index (χ3n) is 3.90. The van der Waals surface area contributed by atoms with Crippen LogP contribution in [0.4, 0.5) is 0 Å². The van der Waals surface area contributed by atoms with Gasteiger partial charge in [0.1, 0.15) is 5.84 Å². The van der Waals surface area contributed by atoms with Gasteiger partial charge in [0, 0.05) is 18.0 Å². The van der Waals surface area contributed by atoms with Crippen LogP contribution in [0.25, 0.3) is 11.1 Å². The van der Waals surface area contributed by atoms with Gasteiger partial charge in [-0.1, -0.05) is 12.1 Å². The number of aromatic nitrogens is 1. The Labute approximate surface area is 160 Å². The van der Waals surface area contributed by atoms with Crippen molar-refractivity contribution in [2.75, 3.05) is 6.26 Å². The summed E-state index contributed by atoms with van der Waals surface area (Å²) >= 11 is 2.55. The molecule has 2 heterocycles. The van der Waals surface area contributed by atoms with E-state index in [1.165, 1.54) is 29.2 Å². The fourth-order valence-electron chi connectivity index (χ4n) is 2.54. The van der Waals surface area contributed by atoms with Gasteiger partial charge in [0.15, 0.2) is 0 Å². The molecule has 3 rings (SSSR count). The number of nitrogens with zero attached hydrogens (tertiary/aromatic N) is 1. The van der Waals surface area contributed by atoms with E-state index in [-0.39, 0.29) is 15.6 Å². The van der Waals surface area contributed by atoms with Gasteiger partial charge in [0.25, 0.3) is 0 Å². The second kappa shape index (κ2) is 7.22. The van der Waals surface area contributed by atoms with Crippen molar-refractivity contribution < 1.29 is 8.42 Å². The van der Waals surface area contributed by atoms with E-state index in [1.54, 1.807) is 30.6 Å². The fourth-order valence-corrected chi connectivity index (χ4v) is 6.45. The number of hydrogen-bond acceptors (Lipinski definition) is 6. The van der Waals surface area contributed by atoms with Crippen LogP contribution in [-0.4, -0.2) is 25.5 Å².